The highest BCUT2D eigenvalue weighted by molar-refractivity contribution is 5.93. The van der Waals surface area contributed by atoms with E-state index in [2.05, 4.69) is 10.6 Å². The van der Waals surface area contributed by atoms with E-state index in [4.69, 9.17) is 0 Å². The van der Waals surface area contributed by atoms with Gasteiger partial charge < -0.3 is 15.7 Å². The molecule has 0 atom stereocenters. The van der Waals surface area contributed by atoms with Crippen molar-refractivity contribution in [3.05, 3.63) is 29.6 Å². The van der Waals surface area contributed by atoms with Gasteiger partial charge in [0, 0.05) is 5.69 Å². The molecule has 0 saturated carbocycles. The number of halogens is 1. The van der Waals surface area contributed by atoms with Crippen molar-refractivity contribution < 1.29 is 19.1 Å². The van der Waals surface area contributed by atoms with Gasteiger partial charge in [0.05, 0.1) is 0 Å². The number of anilines is 1. The molecule has 0 aliphatic rings. The highest BCUT2D eigenvalue weighted by Crippen LogP contribution is 2.17. The molecule has 2 amide bonds. The second-order valence-electron chi connectivity index (χ2n) is 4.69. The Labute approximate surface area is 117 Å². The first kappa shape index (κ1) is 15.9. The Morgan fingerprint density at radius 3 is 2.30 bits per heavy atom. The lowest BCUT2D eigenvalue weighted by Gasteiger charge is -2.28. The van der Waals surface area contributed by atoms with Crippen molar-refractivity contribution in [3.8, 4) is 0 Å². The van der Waals surface area contributed by atoms with E-state index in [1.54, 1.807) is 26.8 Å². The van der Waals surface area contributed by atoms with Crippen molar-refractivity contribution in [2.24, 2.45) is 0 Å². The number of carboxylic acids is 1. The monoisotopic (exact) mass is 282 g/mol. The summed E-state index contributed by atoms with van der Waals surface area (Å²) in [5.41, 5.74) is -0.366. The second-order valence-corrected chi connectivity index (χ2v) is 4.69. The maximum atomic E-state index is 13.2. The molecular weight excluding hydrogens is 263 g/mol. The predicted octanol–water partition coefficient (Wildman–Crippen LogP) is 2.90. The highest BCUT2D eigenvalue weighted by Gasteiger charge is 2.36. The summed E-state index contributed by atoms with van der Waals surface area (Å²) in [6, 6.07) is 3.44. The van der Waals surface area contributed by atoms with Crippen molar-refractivity contribution in [2.75, 3.05) is 5.32 Å². The van der Waals surface area contributed by atoms with Gasteiger partial charge in [-0.1, -0.05) is 13.8 Å². The average molecular weight is 282 g/mol. The SMILES string of the molecule is CCC(CC)(NC(=O)Nc1cc(C)cc(F)c1)C(=O)O. The van der Waals surface area contributed by atoms with Crippen molar-refractivity contribution in [3.63, 3.8) is 0 Å². The van der Waals surface area contributed by atoms with Crippen molar-refractivity contribution in [1.82, 2.24) is 5.32 Å². The minimum absolute atomic E-state index is 0.258. The number of benzene rings is 1. The molecule has 5 nitrogen and oxygen atoms in total. The molecule has 0 fully saturated rings. The van der Waals surface area contributed by atoms with Crippen LogP contribution in [0.25, 0.3) is 0 Å². The molecule has 0 radical (unpaired) electrons. The quantitative estimate of drug-likeness (QED) is 0.777. The molecule has 1 aromatic rings. The molecule has 0 saturated heterocycles. The molecule has 1 aromatic carbocycles. The zero-order chi connectivity index (χ0) is 15.3. The maximum absolute atomic E-state index is 13.2. The van der Waals surface area contributed by atoms with Gasteiger partial charge in [0.2, 0.25) is 0 Å². The molecule has 110 valence electrons. The summed E-state index contributed by atoms with van der Waals surface area (Å²) in [7, 11) is 0. The van der Waals surface area contributed by atoms with E-state index in [-0.39, 0.29) is 18.5 Å². The van der Waals surface area contributed by atoms with Gasteiger partial charge in [-0.15, -0.1) is 0 Å². The molecule has 0 heterocycles. The van der Waals surface area contributed by atoms with Crippen LogP contribution in [0.3, 0.4) is 0 Å². The van der Waals surface area contributed by atoms with Crippen LogP contribution < -0.4 is 10.6 Å². The van der Waals surface area contributed by atoms with Crippen LogP contribution in [0.4, 0.5) is 14.9 Å². The molecule has 0 aromatic heterocycles. The first-order chi connectivity index (χ1) is 9.32. The smallest absolute Gasteiger partial charge is 0.329 e. The molecule has 0 bridgehead atoms. The van der Waals surface area contributed by atoms with Crippen LogP contribution in [0.2, 0.25) is 0 Å². The first-order valence-corrected chi connectivity index (χ1v) is 6.42. The molecule has 1 rings (SSSR count). The van der Waals surface area contributed by atoms with E-state index in [0.717, 1.165) is 0 Å². The number of hydrogen-bond acceptors (Lipinski definition) is 2. The number of rotatable bonds is 5. The summed E-state index contributed by atoms with van der Waals surface area (Å²) in [5, 5.41) is 14.1. The highest BCUT2D eigenvalue weighted by atomic mass is 19.1. The lowest BCUT2D eigenvalue weighted by atomic mass is 9.93. The van der Waals surface area contributed by atoms with Crippen LogP contribution in [-0.2, 0) is 4.79 Å². The second kappa shape index (κ2) is 6.36. The Bertz CT molecular complexity index is 493. The molecule has 20 heavy (non-hydrogen) atoms. The zero-order valence-corrected chi connectivity index (χ0v) is 11.8. The fourth-order valence-electron chi connectivity index (χ4n) is 1.97. The summed E-state index contributed by atoms with van der Waals surface area (Å²) in [6.45, 7) is 5.07. The van der Waals surface area contributed by atoms with Crippen molar-refractivity contribution in [2.45, 2.75) is 39.2 Å². The summed E-state index contributed by atoms with van der Waals surface area (Å²) in [5.74, 6) is -1.55. The summed E-state index contributed by atoms with van der Waals surface area (Å²) in [6.07, 6.45) is 0.517. The van der Waals surface area contributed by atoms with Gasteiger partial charge in [0.25, 0.3) is 0 Å². The average Bonchev–Trinajstić information content (AvgIpc) is 2.34. The number of aryl methyl sites for hydroxylation is 1. The van der Waals surface area contributed by atoms with Crippen molar-refractivity contribution >= 4 is 17.7 Å². The van der Waals surface area contributed by atoms with Gasteiger partial charge in [-0.05, 0) is 43.5 Å². The number of carbonyl (C=O) groups excluding carboxylic acids is 1. The van der Waals surface area contributed by atoms with E-state index in [1.165, 1.54) is 12.1 Å². The van der Waals surface area contributed by atoms with E-state index >= 15 is 0 Å². The van der Waals surface area contributed by atoms with Crippen LogP contribution in [0.5, 0.6) is 0 Å². The lowest BCUT2D eigenvalue weighted by molar-refractivity contribution is -0.144. The normalized spacial score (nSPS) is 11.0. The van der Waals surface area contributed by atoms with Crippen LogP contribution in [0.1, 0.15) is 32.3 Å². The van der Waals surface area contributed by atoms with Gasteiger partial charge in [-0.3, -0.25) is 0 Å². The van der Waals surface area contributed by atoms with E-state index in [9.17, 15) is 19.1 Å². The molecule has 0 aliphatic carbocycles. The largest absolute Gasteiger partial charge is 0.480 e. The molecule has 6 heteroatoms. The Morgan fingerprint density at radius 2 is 1.85 bits per heavy atom. The fourth-order valence-corrected chi connectivity index (χ4v) is 1.97. The summed E-state index contributed by atoms with van der Waals surface area (Å²) in [4.78, 5) is 23.1. The number of hydrogen-bond donors (Lipinski definition) is 3. The standard InChI is InChI=1S/C14H19FN2O3/c1-4-14(5-2,12(18)19)17-13(20)16-11-7-9(3)6-10(15)8-11/h6-8H,4-5H2,1-3H3,(H,18,19)(H2,16,17,20). The van der Waals surface area contributed by atoms with Crippen LogP contribution >= 0.6 is 0 Å². The lowest BCUT2D eigenvalue weighted by Crippen LogP contribution is -2.54. The van der Waals surface area contributed by atoms with Crippen LogP contribution in [0, 0.1) is 12.7 Å². The third-order valence-corrected chi connectivity index (χ3v) is 3.27. The Kier molecular flexibility index (Phi) is 5.07. The number of amides is 2. The van der Waals surface area contributed by atoms with Gasteiger partial charge in [-0.2, -0.15) is 0 Å². The number of urea groups is 1. The first-order valence-electron chi connectivity index (χ1n) is 6.42. The maximum Gasteiger partial charge on any atom is 0.329 e. The molecule has 0 aliphatic heterocycles. The van der Waals surface area contributed by atoms with Crippen LogP contribution in [-0.4, -0.2) is 22.6 Å². The van der Waals surface area contributed by atoms with Gasteiger partial charge in [-0.25, -0.2) is 14.0 Å². The molecule has 0 unspecified atom stereocenters. The van der Waals surface area contributed by atoms with E-state index in [1.807, 2.05) is 0 Å². The summed E-state index contributed by atoms with van der Waals surface area (Å²) >= 11 is 0. The molecule has 3 N–H and O–H groups in total. The van der Waals surface area contributed by atoms with Gasteiger partial charge in [0.1, 0.15) is 11.4 Å². The Hall–Kier alpha value is -2.11. The Morgan fingerprint density at radius 1 is 1.25 bits per heavy atom. The molecular formula is C14H19FN2O3. The number of carboxylic acid groups (broad SMARTS) is 1. The van der Waals surface area contributed by atoms with Gasteiger partial charge in [0.15, 0.2) is 0 Å². The van der Waals surface area contributed by atoms with Crippen molar-refractivity contribution in [1.29, 1.82) is 0 Å². The third kappa shape index (κ3) is 3.69. The number of aliphatic carboxylic acids is 1. The van der Waals surface area contributed by atoms with Crippen LogP contribution in [0.15, 0.2) is 18.2 Å². The van der Waals surface area contributed by atoms with Gasteiger partial charge >= 0.3 is 12.0 Å². The minimum atomic E-state index is -1.31. The third-order valence-electron chi connectivity index (χ3n) is 3.27. The topological polar surface area (TPSA) is 78.4 Å². The minimum Gasteiger partial charge on any atom is -0.480 e. The Balaban J connectivity index is 2.83. The fraction of sp³-hybridized carbons (Fsp3) is 0.429. The van der Waals surface area contributed by atoms with E-state index in [0.29, 0.717) is 5.56 Å². The number of carbonyl (C=O) groups is 2. The zero-order valence-electron chi connectivity index (χ0n) is 11.8. The predicted molar refractivity (Wildman–Crippen MR) is 74.2 cm³/mol. The summed E-state index contributed by atoms with van der Waals surface area (Å²) < 4.78 is 13.2. The number of nitrogens with one attached hydrogen (secondary N) is 2. The molecule has 0 spiro atoms. The van der Waals surface area contributed by atoms with E-state index < -0.39 is 23.4 Å².